The van der Waals surface area contributed by atoms with Crippen LogP contribution in [0.2, 0.25) is 0 Å². The SMILES string of the molecule is Cc1ccc(S(=O)(=O)N[C@H](CI)[C@H]2COCO2)cc1. The number of alkyl halides is 1. The van der Waals surface area contributed by atoms with E-state index in [1.54, 1.807) is 24.3 Å². The standard InChI is InChI=1S/C12H16INO4S/c1-9-2-4-10(5-3-9)19(15,16)14-11(6-13)12-7-17-8-18-12/h2-5,11-12,14H,6-8H2,1H3/t11-,12-/m1/s1. The van der Waals surface area contributed by atoms with E-state index in [1.807, 2.05) is 6.92 Å². The summed E-state index contributed by atoms with van der Waals surface area (Å²) in [4.78, 5) is 0.270. The molecule has 2 atom stereocenters. The fourth-order valence-electron chi connectivity index (χ4n) is 1.77. The summed E-state index contributed by atoms with van der Waals surface area (Å²) in [6, 6.07) is 6.49. The van der Waals surface area contributed by atoms with E-state index >= 15 is 0 Å². The summed E-state index contributed by atoms with van der Waals surface area (Å²) in [5.74, 6) is 0. The Kier molecular flexibility index (Phi) is 5.18. The first-order chi connectivity index (χ1) is 9.03. The summed E-state index contributed by atoms with van der Waals surface area (Å²) >= 11 is 2.14. The van der Waals surface area contributed by atoms with Gasteiger partial charge in [-0.3, -0.25) is 0 Å². The van der Waals surface area contributed by atoms with Crippen molar-refractivity contribution < 1.29 is 17.9 Å². The lowest BCUT2D eigenvalue weighted by Gasteiger charge is -2.20. The summed E-state index contributed by atoms with van der Waals surface area (Å²) in [6.45, 7) is 2.56. The van der Waals surface area contributed by atoms with Crippen molar-refractivity contribution in [2.75, 3.05) is 17.8 Å². The molecule has 2 rings (SSSR count). The number of aryl methyl sites for hydroxylation is 1. The zero-order chi connectivity index (χ0) is 13.9. The number of ether oxygens (including phenoxy) is 2. The van der Waals surface area contributed by atoms with Crippen LogP contribution in [0.5, 0.6) is 0 Å². The molecule has 1 aliphatic rings. The number of sulfonamides is 1. The quantitative estimate of drug-likeness (QED) is 0.604. The normalized spacial score (nSPS) is 21.5. The molecule has 0 spiro atoms. The molecule has 0 radical (unpaired) electrons. The molecule has 0 aliphatic carbocycles. The van der Waals surface area contributed by atoms with Crippen LogP contribution in [0, 0.1) is 6.92 Å². The largest absolute Gasteiger partial charge is 0.353 e. The van der Waals surface area contributed by atoms with Gasteiger partial charge in [-0.25, -0.2) is 13.1 Å². The van der Waals surface area contributed by atoms with Gasteiger partial charge < -0.3 is 9.47 Å². The van der Waals surface area contributed by atoms with Crippen LogP contribution >= 0.6 is 22.6 Å². The third-order valence-corrected chi connectivity index (χ3v) is 5.36. The smallest absolute Gasteiger partial charge is 0.240 e. The van der Waals surface area contributed by atoms with Gasteiger partial charge in [0, 0.05) is 4.43 Å². The van der Waals surface area contributed by atoms with E-state index in [2.05, 4.69) is 27.3 Å². The van der Waals surface area contributed by atoms with Gasteiger partial charge in [-0.15, -0.1) is 0 Å². The highest BCUT2D eigenvalue weighted by Crippen LogP contribution is 2.15. The first kappa shape index (κ1) is 15.2. The Labute approximate surface area is 126 Å². The van der Waals surface area contributed by atoms with Crippen LogP contribution in [-0.4, -0.2) is 38.4 Å². The number of rotatable bonds is 5. The van der Waals surface area contributed by atoms with E-state index in [4.69, 9.17) is 9.47 Å². The summed E-state index contributed by atoms with van der Waals surface area (Å²) < 4.78 is 38.3. The minimum Gasteiger partial charge on any atom is -0.353 e. The predicted octanol–water partition coefficient (Wildman–Crippen LogP) is 1.45. The van der Waals surface area contributed by atoms with Gasteiger partial charge in [0.2, 0.25) is 10.0 Å². The molecule has 0 amide bonds. The van der Waals surface area contributed by atoms with Crippen molar-refractivity contribution >= 4 is 32.6 Å². The lowest BCUT2D eigenvalue weighted by molar-refractivity contribution is 0.0405. The van der Waals surface area contributed by atoms with Gasteiger partial charge in [0.1, 0.15) is 12.9 Å². The Hall–Kier alpha value is -0.220. The molecule has 1 heterocycles. The van der Waals surface area contributed by atoms with E-state index in [0.29, 0.717) is 11.0 Å². The Bertz CT molecular complexity index is 511. The average molecular weight is 397 g/mol. The van der Waals surface area contributed by atoms with Crippen LogP contribution in [0.25, 0.3) is 0 Å². The van der Waals surface area contributed by atoms with Crippen molar-refractivity contribution in [3.05, 3.63) is 29.8 Å². The van der Waals surface area contributed by atoms with E-state index in [1.165, 1.54) is 0 Å². The molecule has 0 aromatic heterocycles. The van der Waals surface area contributed by atoms with Crippen molar-refractivity contribution in [3.63, 3.8) is 0 Å². The topological polar surface area (TPSA) is 64.6 Å². The molecule has 19 heavy (non-hydrogen) atoms. The molecule has 1 fully saturated rings. The summed E-state index contributed by atoms with van der Waals surface area (Å²) in [6.07, 6.45) is -0.225. The maximum atomic E-state index is 12.3. The van der Waals surface area contributed by atoms with Gasteiger partial charge >= 0.3 is 0 Å². The monoisotopic (exact) mass is 397 g/mol. The number of benzene rings is 1. The van der Waals surface area contributed by atoms with Crippen molar-refractivity contribution in [2.45, 2.75) is 24.0 Å². The molecular weight excluding hydrogens is 381 g/mol. The maximum absolute atomic E-state index is 12.3. The van der Waals surface area contributed by atoms with Crippen molar-refractivity contribution in [1.82, 2.24) is 4.72 Å². The third kappa shape index (κ3) is 3.88. The first-order valence-corrected chi connectivity index (χ1v) is 8.88. The molecule has 1 aromatic rings. The van der Waals surface area contributed by atoms with Crippen LogP contribution in [0.15, 0.2) is 29.2 Å². The summed E-state index contributed by atoms with van der Waals surface area (Å²) in [5.41, 5.74) is 1.02. The molecule has 1 aliphatic heterocycles. The zero-order valence-corrected chi connectivity index (χ0v) is 13.5. The second-order valence-electron chi connectivity index (χ2n) is 4.39. The van der Waals surface area contributed by atoms with Crippen molar-refractivity contribution in [2.24, 2.45) is 0 Å². The number of hydrogen-bond donors (Lipinski definition) is 1. The van der Waals surface area contributed by atoms with Gasteiger partial charge in [0.05, 0.1) is 17.5 Å². The molecule has 0 unspecified atom stereocenters. The van der Waals surface area contributed by atoms with Gasteiger partial charge in [0.25, 0.3) is 0 Å². The van der Waals surface area contributed by atoms with E-state index in [0.717, 1.165) is 5.56 Å². The van der Waals surface area contributed by atoms with Crippen LogP contribution in [0.3, 0.4) is 0 Å². The highest BCUT2D eigenvalue weighted by Gasteiger charge is 2.30. The lowest BCUT2D eigenvalue weighted by atomic mass is 10.2. The third-order valence-electron chi connectivity index (χ3n) is 2.90. The highest BCUT2D eigenvalue weighted by molar-refractivity contribution is 14.1. The van der Waals surface area contributed by atoms with E-state index < -0.39 is 10.0 Å². The molecule has 0 saturated carbocycles. The Balaban J connectivity index is 2.13. The van der Waals surface area contributed by atoms with Crippen LogP contribution in [0.4, 0.5) is 0 Å². The summed E-state index contributed by atoms with van der Waals surface area (Å²) in [5, 5.41) is 0. The number of hydrogen-bond acceptors (Lipinski definition) is 4. The highest BCUT2D eigenvalue weighted by atomic mass is 127. The van der Waals surface area contributed by atoms with Gasteiger partial charge in [-0.2, -0.15) is 0 Å². The lowest BCUT2D eigenvalue weighted by Crippen LogP contribution is -2.45. The predicted molar refractivity (Wildman–Crippen MR) is 79.9 cm³/mol. The van der Waals surface area contributed by atoms with Crippen LogP contribution in [-0.2, 0) is 19.5 Å². The van der Waals surface area contributed by atoms with Gasteiger partial charge in [-0.05, 0) is 19.1 Å². The first-order valence-electron chi connectivity index (χ1n) is 5.87. The van der Waals surface area contributed by atoms with Crippen LogP contribution in [0.1, 0.15) is 5.56 Å². The summed E-state index contributed by atoms with van der Waals surface area (Å²) in [7, 11) is -3.52. The molecule has 1 saturated heterocycles. The minimum absolute atomic E-state index is 0.225. The average Bonchev–Trinajstić information content (AvgIpc) is 2.90. The molecule has 7 heteroatoms. The second kappa shape index (κ2) is 6.49. The van der Waals surface area contributed by atoms with Crippen molar-refractivity contribution in [3.8, 4) is 0 Å². The van der Waals surface area contributed by atoms with E-state index in [9.17, 15) is 8.42 Å². The Morgan fingerprint density at radius 3 is 2.63 bits per heavy atom. The molecule has 0 bridgehead atoms. The molecule has 1 N–H and O–H groups in total. The van der Waals surface area contributed by atoms with Gasteiger partial charge in [-0.1, -0.05) is 40.3 Å². The second-order valence-corrected chi connectivity index (χ2v) is 6.98. The number of halogens is 1. The fourth-order valence-corrected chi connectivity index (χ4v) is 4.12. The van der Waals surface area contributed by atoms with Gasteiger partial charge in [0.15, 0.2) is 0 Å². The Morgan fingerprint density at radius 1 is 1.42 bits per heavy atom. The molecular formula is C12H16INO4S. The number of nitrogens with one attached hydrogen (secondary N) is 1. The Morgan fingerprint density at radius 2 is 2.11 bits per heavy atom. The molecule has 5 nitrogen and oxygen atoms in total. The van der Waals surface area contributed by atoms with E-state index in [-0.39, 0.29) is 23.8 Å². The maximum Gasteiger partial charge on any atom is 0.240 e. The van der Waals surface area contributed by atoms with Crippen LogP contribution < -0.4 is 4.72 Å². The fraction of sp³-hybridized carbons (Fsp3) is 0.500. The molecule has 106 valence electrons. The molecule has 1 aromatic carbocycles. The zero-order valence-electron chi connectivity index (χ0n) is 10.5. The van der Waals surface area contributed by atoms with Crippen molar-refractivity contribution in [1.29, 1.82) is 0 Å². The minimum atomic E-state index is -3.52.